The number of aliphatic hydroxyl groups is 2. The van der Waals surface area contributed by atoms with Crippen molar-refractivity contribution >= 4 is 34.3 Å². The first-order valence-electron chi connectivity index (χ1n) is 9.36. The highest BCUT2D eigenvalue weighted by Crippen LogP contribution is 2.32. The summed E-state index contributed by atoms with van der Waals surface area (Å²) in [5.41, 5.74) is 6.83. The normalized spacial score (nSPS) is 14.2. The number of nitrogens with zero attached hydrogens (tertiary/aromatic N) is 5. The molecule has 11 nitrogen and oxygen atoms in total. The average molecular weight is 398 g/mol. The Balaban J connectivity index is 1.61. The summed E-state index contributed by atoms with van der Waals surface area (Å²) >= 11 is 0. The predicted molar refractivity (Wildman–Crippen MR) is 106 cm³/mol. The number of aromatic nitrogens is 5. The van der Waals surface area contributed by atoms with E-state index in [2.05, 4.69) is 30.9 Å². The Kier molecular flexibility index (Phi) is 5.23. The van der Waals surface area contributed by atoms with Crippen LogP contribution in [0.2, 0.25) is 0 Å². The van der Waals surface area contributed by atoms with Gasteiger partial charge >= 0.3 is 0 Å². The highest BCUT2D eigenvalue weighted by Gasteiger charge is 2.21. The maximum Gasteiger partial charge on any atom is 0.273 e. The number of carbonyl (C=O) groups is 1. The molecular formula is C18H22N8O3. The molecule has 0 spiro atoms. The monoisotopic (exact) mass is 398 g/mol. The summed E-state index contributed by atoms with van der Waals surface area (Å²) < 4.78 is 2.00. The molecule has 0 saturated heterocycles. The summed E-state index contributed by atoms with van der Waals surface area (Å²) in [6, 6.07) is 5.42. The summed E-state index contributed by atoms with van der Waals surface area (Å²) in [6.07, 6.45) is 5.53. The lowest BCUT2D eigenvalue weighted by Gasteiger charge is -2.25. The molecule has 1 saturated carbocycles. The highest BCUT2D eigenvalue weighted by atomic mass is 16.3. The Morgan fingerprint density at radius 3 is 2.72 bits per heavy atom. The number of carbonyl (C=O) groups excluding carboxylic acids is 1. The van der Waals surface area contributed by atoms with Crippen LogP contribution in [0.25, 0.3) is 10.9 Å². The van der Waals surface area contributed by atoms with Gasteiger partial charge in [0.2, 0.25) is 5.95 Å². The zero-order chi connectivity index (χ0) is 20.4. The fraction of sp³-hybridized carbons (Fsp3) is 0.389. The third-order valence-electron chi connectivity index (χ3n) is 4.93. The van der Waals surface area contributed by atoms with Crippen LogP contribution in [0, 0.1) is 0 Å². The second-order valence-corrected chi connectivity index (χ2v) is 7.00. The van der Waals surface area contributed by atoms with Gasteiger partial charge in [-0.05, 0) is 37.5 Å². The van der Waals surface area contributed by atoms with Crippen molar-refractivity contribution < 1.29 is 15.0 Å². The number of primary amides is 1. The van der Waals surface area contributed by atoms with E-state index in [1.807, 2.05) is 29.1 Å². The fourth-order valence-electron chi connectivity index (χ4n) is 3.07. The van der Waals surface area contributed by atoms with Crippen molar-refractivity contribution in [2.24, 2.45) is 5.73 Å². The molecule has 1 aliphatic carbocycles. The number of amides is 1. The number of nitrogens with two attached hydrogens (primary N) is 1. The van der Waals surface area contributed by atoms with Crippen molar-refractivity contribution in [1.82, 2.24) is 25.0 Å². The SMILES string of the molecule is NC(=O)c1nnc(NC(CO)CO)nc1Nc1ccc2nn(C3CCC3)cc2c1. The molecule has 0 atom stereocenters. The van der Waals surface area contributed by atoms with Crippen LogP contribution in [0.5, 0.6) is 0 Å². The molecule has 0 aliphatic heterocycles. The summed E-state index contributed by atoms with van der Waals surface area (Å²) in [5, 5.41) is 37.4. The van der Waals surface area contributed by atoms with Crippen molar-refractivity contribution in [3.05, 3.63) is 30.1 Å². The molecule has 2 aromatic heterocycles. The summed E-state index contributed by atoms with van der Waals surface area (Å²) in [6.45, 7) is -0.635. The van der Waals surface area contributed by atoms with Crippen LogP contribution in [-0.4, -0.2) is 60.3 Å². The van der Waals surface area contributed by atoms with Crippen LogP contribution < -0.4 is 16.4 Å². The zero-order valence-electron chi connectivity index (χ0n) is 15.6. The third kappa shape index (κ3) is 3.96. The minimum atomic E-state index is -0.779. The molecule has 1 amide bonds. The lowest BCUT2D eigenvalue weighted by atomic mass is 9.93. The number of anilines is 3. The smallest absolute Gasteiger partial charge is 0.273 e. The van der Waals surface area contributed by atoms with Gasteiger partial charge in [0.1, 0.15) is 0 Å². The second-order valence-electron chi connectivity index (χ2n) is 7.00. The molecule has 6 N–H and O–H groups in total. The van der Waals surface area contributed by atoms with Crippen LogP contribution in [-0.2, 0) is 0 Å². The molecular weight excluding hydrogens is 376 g/mol. The zero-order valence-corrected chi connectivity index (χ0v) is 15.6. The van der Waals surface area contributed by atoms with E-state index < -0.39 is 11.9 Å². The molecule has 0 bridgehead atoms. The van der Waals surface area contributed by atoms with E-state index in [0.29, 0.717) is 11.7 Å². The quantitative estimate of drug-likeness (QED) is 0.364. The van der Waals surface area contributed by atoms with E-state index in [1.54, 1.807) is 0 Å². The van der Waals surface area contributed by atoms with Gasteiger partial charge in [-0.15, -0.1) is 10.2 Å². The van der Waals surface area contributed by atoms with Crippen molar-refractivity contribution in [2.75, 3.05) is 23.8 Å². The number of aliphatic hydroxyl groups excluding tert-OH is 2. The molecule has 0 unspecified atom stereocenters. The van der Waals surface area contributed by atoms with Crippen molar-refractivity contribution in [1.29, 1.82) is 0 Å². The first kappa shape index (κ1) is 19.0. The van der Waals surface area contributed by atoms with Gasteiger partial charge in [0, 0.05) is 17.3 Å². The summed E-state index contributed by atoms with van der Waals surface area (Å²) in [5.74, 6) is -0.612. The minimum absolute atomic E-state index is 0.0458. The number of nitrogens with one attached hydrogen (secondary N) is 2. The molecule has 1 aromatic carbocycles. The van der Waals surface area contributed by atoms with Crippen molar-refractivity contribution in [3.8, 4) is 0 Å². The molecule has 11 heteroatoms. The van der Waals surface area contributed by atoms with Gasteiger partial charge in [0.15, 0.2) is 11.5 Å². The first-order chi connectivity index (χ1) is 14.1. The van der Waals surface area contributed by atoms with Gasteiger partial charge in [-0.1, -0.05) is 0 Å². The Labute approximate surface area is 166 Å². The first-order valence-corrected chi connectivity index (χ1v) is 9.36. The standard InChI is InChI=1S/C18H22N8O3/c19-16(29)15-17(22-18(24-23-15)21-12(8-27)9-28)20-11-4-5-14-10(6-11)7-26(25-14)13-2-1-3-13/h4-7,12-13,27-28H,1-3,8-9H2,(H2,19,29)(H2,20,21,22,24). The Morgan fingerprint density at radius 2 is 2.07 bits per heavy atom. The molecule has 4 rings (SSSR count). The van der Waals surface area contributed by atoms with Crippen LogP contribution in [0.3, 0.4) is 0 Å². The highest BCUT2D eigenvalue weighted by molar-refractivity contribution is 5.96. The molecule has 1 aliphatic rings. The number of hydrogen-bond donors (Lipinski definition) is 5. The van der Waals surface area contributed by atoms with Crippen LogP contribution in [0.1, 0.15) is 35.8 Å². The number of hydrogen-bond acceptors (Lipinski definition) is 9. The van der Waals surface area contributed by atoms with E-state index >= 15 is 0 Å². The van der Waals surface area contributed by atoms with Gasteiger partial charge in [-0.2, -0.15) is 10.1 Å². The second kappa shape index (κ2) is 7.97. The predicted octanol–water partition coefficient (Wildman–Crippen LogP) is 0.554. The molecule has 3 aromatic rings. The van der Waals surface area contributed by atoms with E-state index in [4.69, 9.17) is 5.73 Å². The summed E-state index contributed by atoms with van der Waals surface area (Å²) in [7, 11) is 0. The van der Waals surface area contributed by atoms with E-state index in [0.717, 1.165) is 23.7 Å². The minimum Gasteiger partial charge on any atom is -0.394 e. The van der Waals surface area contributed by atoms with Crippen LogP contribution in [0.15, 0.2) is 24.4 Å². The topological polar surface area (TPSA) is 164 Å². The summed E-state index contributed by atoms with van der Waals surface area (Å²) in [4.78, 5) is 15.9. The van der Waals surface area contributed by atoms with Gasteiger partial charge in [0.25, 0.3) is 5.91 Å². The maximum absolute atomic E-state index is 11.7. The number of rotatable bonds is 8. The van der Waals surface area contributed by atoms with E-state index in [1.165, 1.54) is 6.42 Å². The van der Waals surface area contributed by atoms with Gasteiger partial charge in [0.05, 0.1) is 30.8 Å². The molecule has 2 heterocycles. The molecule has 29 heavy (non-hydrogen) atoms. The third-order valence-corrected chi connectivity index (χ3v) is 4.93. The van der Waals surface area contributed by atoms with Crippen molar-refractivity contribution in [3.63, 3.8) is 0 Å². The van der Waals surface area contributed by atoms with Crippen LogP contribution in [0.4, 0.5) is 17.5 Å². The van der Waals surface area contributed by atoms with Gasteiger partial charge in [-0.25, -0.2) is 0 Å². The molecule has 152 valence electrons. The molecule has 1 fully saturated rings. The van der Waals surface area contributed by atoms with Crippen LogP contribution >= 0.6 is 0 Å². The van der Waals surface area contributed by atoms with Crippen molar-refractivity contribution in [2.45, 2.75) is 31.3 Å². The van der Waals surface area contributed by atoms with E-state index in [-0.39, 0.29) is 30.7 Å². The van der Waals surface area contributed by atoms with E-state index in [9.17, 15) is 15.0 Å². The molecule has 0 radical (unpaired) electrons. The Morgan fingerprint density at radius 1 is 1.28 bits per heavy atom. The number of benzene rings is 1. The Bertz CT molecular complexity index is 1030. The lowest BCUT2D eigenvalue weighted by Crippen LogP contribution is -2.29. The Hall–Kier alpha value is -3.31. The maximum atomic E-state index is 11.7. The lowest BCUT2D eigenvalue weighted by molar-refractivity contribution is 0.0995. The largest absolute Gasteiger partial charge is 0.394 e. The average Bonchev–Trinajstić information content (AvgIpc) is 3.07. The number of fused-ring (bicyclic) bond motifs is 1. The van der Waals surface area contributed by atoms with Gasteiger partial charge < -0.3 is 26.6 Å². The fourth-order valence-corrected chi connectivity index (χ4v) is 3.07. The van der Waals surface area contributed by atoms with Gasteiger partial charge in [-0.3, -0.25) is 9.48 Å².